The van der Waals surface area contributed by atoms with Gasteiger partial charge in [0.25, 0.3) is 6.43 Å². The molecular weight excluding hydrogens is 268 g/mol. The topological polar surface area (TPSA) is 48.4 Å². The minimum absolute atomic E-state index is 0.00456. The molecule has 4 nitrogen and oxygen atoms in total. The highest BCUT2D eigenvalue weighted by Crippen LogP contribution is 2.30. The van der Waals surface area contributed by atoms with E-state index in [0.717, 1.165) is 0 Å². The molecule has 0 unspecified atom stereocenters. The first kappa shape index (κ1) is 14.6. The number of halogens is 3. The maximum Gasteiger partial charge on any atom is 0.309 e. The normalized spacial score (nSPS) is 10.6. The molecule has 0 saturated heterocycles. The zero-order valence-electron chi connectivity index (χ0n) is 9.87. The number of pyridine rings is 1. The lowest BCUT2D eigenvalue weighted by molar-refractivity contribution is -0.139. The average Bonchev–Trinajstić information content (AvgIpc) is 2.36. The van der Waals surface area contributed by atoms with E-state index in [1.165, 1.54) is 20.3 Å². The van der Waals surface area contributed by atoms with Gasteiger partial charge in [0.05, 0.1) is 32.2 Å². The van der Waals surface area contributed by atoms with E-state index in [4.69, 9.17) is 16.3 Å². The van der Waals surface area contributed by atoms with Gasteiger partial charge in [0.2, 0.25) is 5.88 Å². The Balaban J connectivity index is 3.29. The molecule has 0 atom stereocenters. The van der Waals surface area contributed by atoms with Crippen molar-refractivity contribution in [1.29, 1.82) is 0 Å². The number of nitrogens with zero attached hydrogens (tertiary/aromatic N) is 1. The lowest BCUT2D eigenvalue weighted by atomic mass is 10.0. The van der Waals surface area contributed by atoms with Crippen LogP contribution in [0, 0.1) is 0 Å². The van der Waals surface area contributed by atoms with Crippen LogP contribution >= 0.6 is 11.6 Å². The molecule has 0 spiro atoms. The van der Waals surface area contributed by atoms with Crippen LogP contribution in [0.1, 0.15) is 23.2 Å². The van der Waals surface area contributed by atoms with E-state index in [1.54, 1.807) is 0 Å². The van der Waals surface area contributed by atoms with Crippen LogP contribution in [-0.2, 0) is 21.8 Å². The van der Waals surface area contributed by atoms with Crippen LogP contribution in [0.25, 0.3) is 0 Å². The highest BCUT2D eigenvalue weighted by atomic mass is 35.5. The Morgan fingerprint density at radius 3 is 2.61 bits per heavy atom. The highest BCUT2D eigenvalue weighted by molar-refractivity contribution is 6.17. The minimum atomic E-state index is -2.77. The van der Waals surface area contributed by atoms with E-state index in [0.29, 0.717) is 0 Å². The summed E-state index contributed by atoms with van der Waals surface area (Å²) in [6.07, 6.45) is -3.05. The Morgan fingerprint density at radius 1 is 1.50 bits per heavy atom. The number of hydrogen-bond acceptors (Lipinski definition) is 4. The van der Waals surface area contributed by atoms with Crippen LogP contribution in [0.3, 0.4) is 0 Å². The molecule has 18 heavy (non-hydrogen) atoms. The summed E-state index contributed by atoms with van der Waals surface area (Å²) in [5.74, 6) is -0.676. The van der Waals surface area contributed by atoms with E-state index < -0.39 is 12.4 Å². The predicted molar refractivity (Wildman–Crippen MR) is 61.0 cm³/mol. The molecule has 0 aliphatic carbocycles. The Kier molecular flexibility index (Phi) is 5.27. The predicted octanol–water partition coefficient (Wildman–Crippen LogP) is 2.48. The molecule has 0 radical (unpaired) electrons. The molecule has 0 bridgehead atoms. The molecule has 0 amide bonds. The third-order valence-corrected chi connectivity index (χ3v) is 2.57. The molecule has 1 aromatic rings. The van der Waals surface area contributed by atoms with E-state index >= 15 is 0 Å². The van der Waals surface area contributed by atoms with E-state index in [9.17, 15) is 13.6 Å². The molecule has 0 fully saturated rings. The van der Waals surface area contributed by atoms with Crippen molar-refractivity contribution in [3.63, 3.8) is 0 Å². The number of aromatic nitrogens is 1. The SMILES string of the molecule is COC(=O)Cc1cc(OC)nc(CCl)c1C(F)F. The Labute approximate surface area is 108 Å². The number of rotatable bonds is 5. The molecule has 0 N–H and O–H groups in total. The fourth-order valence-electron chi connectivity index (χ4n) is 1.48. The number of ether oxygens (including phenoxy) is 2. The molecule has 0 saturated carbocycles. The monoisotopic (exact) mass is 279 g/mol. The average molecular weight is 280 g/mol. The summed E-state index contributed by atoms with van der Waals surface area (Å²) >= 11 is 5.58. The first-order chi connectivity index (χ1) is 8.53. The summed E-state index contributed by atoms with van der Waals surface area (Å²) in [6, 6.07) is 1.29. The quantitative estimate of drug-likeness (QED) is 0.614. The summed E-state index contributed by atoms with van der Waals surface area (Å²) < 4.78 is 35.3. The Hall–Kier alpha value is -1.43. The Bertz CT molecular complexity index is 441. The van der Waals surface area contributed by atoms with Crippen LogP contribution in [-0.4, -0.2) is 25.2 Å². The summed E-state index contributed by atoms with van der Waals surface area (Å²) in [6.45, 7) is 0. The first-order valence-electron chi connectivity index (χ1n) is 5.01. The molecule has 7 heteroatoms. The van der Waals surface area contributed by atoms with Gasteiger partial charge in [-0.25, -0.2) is 13.8 Å². The number of carbonyl (C=O) groups excluding carboxylic acids is 1. The van der Waals surface area contributed by atoms with Gasteiger partial charge in [-0.05, 0) is 5.56 Å². The van der Waals surface area contributed by atoms with Crippen molar-refractivity contribution >= 4 is 17.6 Å². The van der Waals surface area contributed by atoms with Crippen LogP contribution in [0.5, 0.6) is 5.88 Å². The van der Waals surface area contributed by atoms with Gasteiger partial charge in [-0.15, -0.1) is 11.6 Å². The lowest BCUT2D eigenvalue weighted by Gasteiger charge is -2.13. The van der Waals surface area contributed by atoms with E-state index in [-0.39, 0.29) is 35.0 Å². The van der Waals surface area contributed by atoms with Crippen LogP contribution in [0.4, 0.5) is 8.78 Å². The van der Waals surface area contributed by atoms with Gasteiger partial charge in [-0.3, -0.25) is 4.79 Å². The number of carbonyl (C=O) groups is 1. The second-order valence-corrected chi connectivity index (χ2v) is 3.64. The van der Waals surface area contributed by atoms with Gasteiger partial charge in [0.1, 0.15) is 0 Å². The zero-order valence-corrected chi connectivity index (χ0v) is 10.6. The van der Waals surface area contributed by atoms with Gasteiger partial charge in [0.15, 0.2) is 0 Å². The smallest absolute Gasteiger partial charge is 0.309 e. The largest absolute Gasteiger partial charge is 0.481 e. The molecule has 100 valence electrons. The highest BCUT2D eigenvalue weighted by Gasteiger charge is 2.22. The molecule has 0 aliphatic heterocycles. The summed E-state index contributed by atoms with van der Waals surface area (Å²) in [5.41, 5.74) is -0.222. The van der Waals surface area contributed by atoms with Crippen LogP contribution in [0.15, 0.2) is 6.07 Å². The first-order valence-corrected chi connectivity index (χ1v) is 5.54. The van der Waals surface area contributed by atoms with Crippen molar-refractivity contribution in [2.45, 2.75) is 18.7 Å². The fourth-order valence-corrected chi connectivity index (χ4v) is 1.69. The molecule has 0 aliphatic rings. The Morgan fingerprint density at radius 2 is 2.17 bits per heavy atom. The van der Waals surface area contributed by atoms with Crippen LogP contribution in [0.2, 0.25) is 0 Å². The summed E-state index contributed by atoms with van der Waals surface area (Å²) in [7, 11) is 2.54. The van der Waals surface area contributed by atoms with Gasteiger partial charge in [-0.2, -0.15) is 0 Å². The number of esters is 1. The lowest BCUT2D eigenvalue weighted by Crippen LogP contribution is -2.10. The molecule has 0 aromatic carbocycles. The number of alkyl halides is 3. The zero-order chi connectivity index (χ0) is 13.7. The van der Waals surface area contributed by atoms with Crippen molar-refractivity contribution < 1.29 is 23.0 Å². The summed E-state index contributed by atoms with van der Waals surface area (Å²) in [5, 5.41) is 0. The van der Waals surface area contributed by atoms with E-state index in [2.05, 4.69) is 9.72 Å². The molecular formula is C11H12ClF2NO3. The summed E-state index contributed by atoms with van der Waals surface area (Å²) in [4.78, 5) is 15.0. The standard InChI is InChI=1S/C11H12ClF2NO3/c1-17-8-3-6(4-9(16)18-2)10(11(13)14)7(5-12)15-8/h3,11H,4-5H2,1-2H3. The van der Waals surface area contributed by atoms with Crippen molar-refractivity contribution in [3.8, 4) is 5.88 Å². The van der Waals surface area contributed by atoms with E-state index in [1.807, 2.05) is 0 Å². The second kappa shape index (κ2) is 6.49. The fraction of sp³-hybridized carbons (Fsp3) is 0.455. The minimum Gasteiger partial charge on any atom is -0.481 e. The van der Waals surface area contributed by atoms with Crippen molar-refractivity contribution in [2.24, 2.45) is 0 Å². The maximum absolute atomic E-state index is 13.0. The van der Waals surface area contributed by atoms with Gasteiger partial charge < -0.3 is 9.47 Å². The van der Waals surface area contributed by atoms with Gasteiger partial charge >= 0.3 is 5.97 Å². The number of hydrogen-bond donors (Lipinski definition) is 0. The third-order valence-electron chi connectivity index (χ3n) is 2.32. The second-order valence-electron chi connectivity index (χ2n) is 3.37. The van der Waals surface area contributed by atoms with Gasteiger partial charge in [0, 0.05) is 11.6 Å². The van der Waals surface area contributed by atoms with Crippen LogP contribution < -0.4 is 4.74 Å². The van der Waals surface area contributed by atoms with Gasteiger partial charge in [-0.1, -0.05) is 0 Å². The maximum atomic E-state index is 13.0. The third kappa shape index (κ3) is 3.29. The molecule has 1 aromatic heterocycles. The van der Waals surface area contributed by atoms with Crippen molar-refractivity contribution in [2.75, 3.05) is 14.2 Å². The molecule has 1 rings (SSSR count). The number of methoxy groups -OCH3 is 2. The van der Waals surface area contributed by atoms with Crippen molar-refractivity contribution in [1.82, 2.24) is 4.98 Å². The molecule has 1 heterocycles. The van der Waals surface area contributed by atoms with Crippen molar-refractivity contribution in [3.05, 3.63) is 22.9 Å².